The van der Waals surface area contributed by atoms with Crippen LogP contribution < -0.4 is 5.32 Å². The molecule has 1 amide bonds. The van der Waals surface area contributed by atoms with E-state index in [4.69, 9.17) is 0 Å². The molecule has 2 aromatic rings. The van der Waals surface area contributed by atoms with Crippen molar-refractivity contribution in [3.63, 3.8) is 0 Å². The zero-order chi connectivity index (χ0) is 16.8. The van der Waals surface area contributed by atoms with Gasteiger partial charge in [0.25, 0.3) is 5.69 Å². The second-order valence-corrected chi connectivity index (χ2v) is 5.80. The average Bonchev–Trinajstić information content (AvgIpc) is 2.53. The standard InChI is InChI=1S/C18H20N2O3/c1-13(2)18(15-6-4-3-5-7-15)19-17(21)12-14-8-10-16(11-9-14)20(22)23/h3-11,13,18H,12H2,1-2H3,(H,19,21). The van der Waals surface area contributed by atoms with E-state index in [0.29, 0.717) is 0 Å². The number of nitrogens with zero attached hydrogens (tertiary/aromatic N) is 1. The first-order valence-electron chi connectivity index (χ1n) is 7.55. The fourth-order valence-corrected chi connectivity index (χ4v) is 2.44. The summed E-state index contributed by atoms with van der Waals surface area (Å²) >= 11 is 0. The summed E-state index contributed by atoms with van der Waals surface area (Å²) in [6.45, 7) is 4.12. The maximum atomic E-state index is 12.3. The molecule has 23 heavy (non-hydrogen) atoms. The Balaban J connectivity index is 2.03. The summed E-state index contributed by atoms with van der Waals surface area (Å²) < 4.78 is 0. The smallest absolute Gasteiger partial charge is 0.269 e. The fraction of sp³-hybridized carbons (Fsp3) is 0.278. The number of carbonyl (C=O) groups excluding carboxylic acids is 1. The highest BCUT2D eigenvalue weighted by Crippen LogP contribution is 2.21. The first-order valence-corrected chi connectivity index (χ1v) is 7.55. The van der Waals surface area contributed by atoms with Crippen molar-refractivity contribution in [3.05, 3.63) is 75.8 Å². The van der Waals surface area contributed by atoms with Gasteiger partial charge in [-0.3, -0.25) is 14.9 Å². The molecule has 0 radical (unpaired) electrons. The van der Waals surface area contributed by atoms with E-state index >= 15 is 0 Å². The molecule has 2 aromatic carbocycles. The van der Waals surface area contributed by atoms with Gasteiger partial charge in [0.2, 0.25) is 5.91 Å². The van der Waals surface area contributed by atoms with Crippen LogP contribution in [0, 0.1) is 16.0 Å². The first-order chi connectivity index (χ1) is 11.0. The van der Waals surface area contributed by atoms with Crippen molar-refractivity contribution >= 4 is 11.6 Å². The van der Waals surface area contributed by atoms with Gasteiger partial charge in [0.05, 0.1) is 17.4 Å². The Morgan fingerprint density at radius 2 is 1.70 bits per heavy atom. The minimum absolute atomic E-state index is 0.0264. The Labute approximate surface area is 135 Å². The average molecular weight is 312 g/mol. The number of carbonyl (C=O) groups is 1. The van der Waals surface area contributed by atoms with Gasteiger partial charge >= 0.3 is 0 Å². The number of benzene rings is 2. The van der Waals surface area contributed by atoms with Crippen LogP contribution in [0.15, 0.2) is 54.6 Å². The van der Waals surface area contributed by atoms with Crippen LogP contribution in [0.4, 0.5) is 5.69 Å². The lowest BCUT2D eigenvalue weighted by Gasteiger charge is -2.23. The molecular weight excluding hydrogens is 292 g/mol. The molecule has 2 rings (SSSR count). The molecule has 0 saturated heterocycles. The van der Waals surface area contributed by atoms with E-state index in [-0.39, 0.29) is 30.0 Å². The summed E-state index contributed by atoms with van der Waals surface area (Å²) in [4.78, 5) is 22.5. The van der Waals surface area contributed by atoms with E-state index in [9.17, 15) is 14.9 Å². The van der Waals surface area contributed by atoms with Crippen molar-refractivity contribution in [2.24, 2.45) is 5.92 Å². The largest absolute Gasteiger partial charge is 0.349 e. The Kier molecular flexibility index (Phi) is 5.46. The van der Waals surface area contributed by atoms with Gasteiger partial charge in [0.15, 0.2) is 0 Å². The van der Waals surface area contributed by atoms with Gasteiger partial charge in [0.1, 0.15) is 0 Å². The monoisotopic (exact) mass is 312 g/mol. The molecule has 5 heteroatoms. The minimum Gasteiger partial charge on any atom is -0.349 e. The molecule has 1 atom stereocenters. The Morgan fingerprint density at radius 1 is 1.09 bits per heavy atom. The summed E-state index contributed by atoms with van der Waals surface area (Å²) in [6, 6.07) is 15.9. The SMILES string of the molecule is CC(C)C(NC(=O)Cc1ccc([N+](=O)[O-])cc1)c1ccccc1. The highest BCUT2D eigenvalue weighted by molar-refractivity contribution is 5.79. The minimum atomic E-state index is -0.450. The van der Waals surface area contributed by atoms with Gasteiger partial charge in [0, 0.05) is 12.1 Å². The predicted molar refractivity (Wildman–Crippen MR) is 89.0 cm³/mol. The molecule has 0 aliphatic carbocycles. The molecule has 120 valence electrons. The lowest BCUT2D eigenvalue weighted by atomic mass is 9.95. The number of rotatable bonds is 6. The normalized spacial score (nSPS) is 12.0. The molecule has 0 heterocycles. The fourth-order valence-electron chi connectivity index (χ4n) is 2.44. The number of nitro groups is 1. The van der Waals surface area contributed by atoms with Gasteiger partial charge in [-0.1, -0.05) is 56.3 Å². The summed E-state index contributed by atoms with van der Waals surface area (Å²) in [5, 5.41) is 13.7. The number of non-ortho nitro benzene ring substituents is 1. The number of nitro benzene ring substituents is 1. The Bertz CT molecular complexity index is 666. The second-order valence-electron chi connectivity index (χ2n) is 5.80. The van der Waals surface area contributed by atoms with Gasteiger partial charge < -0.3 is 5.32 Å². The maximum absolute atomic E-state index is 12.3. The van der Waals surface area contributed by atoms with Crippen LogP contribution in [0.3, 0.4) is 0 Å². The van der Waals surface area contributed by atoms with Crippen LogP contribution in [0.1, 0.15) is 31.0 Å². The van der Waals surface area contributed by atoms with Crippen LogP contribution in [0.25, 0.3) is 0 Å². The van der Waals surface area contributed by atoms with Crippen molar-refractivity contribution in [3.8, 4) is 0 Å². The molecule has 5 nitrogen and oxygen atoms in total. The van der Waals surface area contributed by atoms with Crippen molar-refractivity contribution in [2.75, 3.05) is 0 Å². The summed E-state index contributed by atoms with van der Waals surface area (Å²) in [7, 11) is 0. The van der Waals surface area contributed by atoms with Crippen molar-refractivity contribution in [1.29, 1.82) is 0 Å². The van der Waals surface area contributed by atoms with Gasteiger partial charge in [-0.25, -0.2) is 0 Å². The lowest BCUT2D eigenvalue weighted by Crippen LogP contribution is -2.32. The Hall–Kier alpha value is -2.69. The Morgan fingerprint density at radius 3 is 2.22 bits per heavy atom. The van der Waals surface area contributed by atoms with Gasteiger partial charge in [-0.05, 0) is 17.0 Å². The van der Waals surface area contributed by atoms with E-state index in [0.717, 1.165) is 11.1 Å². The lowest BCUT2D eigenvalue weighted by molar-refractivity contribution is -0.384. The van der Waals surface area contributed by atoms with Crippen molar-refractivity contribution < 1.29 is 9.72 Å². The van der Waals surface area contributed by atoms with Crippen LogP contribution >= 0.6 is 0 Å². The second kappa shape index (κ2) is 7.54. The molecule has 0 aliphatic heterocycles. The van der Waals surface area contributed by atoms with Crippen LogP contribution in [-0.4, -0.2) is 10.8 Å². The number of hydrogen-bond acceptors (Lipinski definition) is 3. The third-order valence-electron chi connectivity index (χ3n) is 3.65. The number of nitrogens with one attached hydrogen (secondary N) is 1. The van der Waals surface area contributed by atoms with Crippen molar-refractivity contribution in [2.45, 2.75) is 26.3 Å². The zero-order valence-electron chi connectivity index (χ0n) is 13.2. The highest BCUT2D eigenvalue weighted by atomic mass is 16.6. The molecular formula is C18H20N2O3. The van der Waals surface area contributed by atoms with Gasteiger partial charge in [-0.2, -0.15) is 0 Å². The molecule has 0 saturated carbocycles. The summed E-state index contributed by atoms with van der Waals surface area (Å²) in [5.74, 6) is 0.166. The van der Waals surface area contributed by atoms with E-state index in [1.165, 1.54) is 12.1 Å². The third kappa shape index (κ3) is 4.64. The predicted octanol–water partition coefficient (Wildman–Crippen LogP) is 3.65. The molecule has 1 unspecified atom stereocenters. The van der Waals surface area contributed by atoms with Crippen LogP contribution in [-0.2, 0) is 11.2 Å². The highest BCUT2D eigenvalue weighted by Gasteiger charge is 2.18. The molecule has 1 N–H and O–H groups in total. The summed E-state index contributed by atoms with van der Waals surface area (Å²) in [5.41, 5.74) is 1.85. The van der Waals surface area contributed by atoms with E-state index in [1.807, 2.05) is 30.3 Å². The summed E-state index contributed by atoms with van der Waals surface area (Å²) in [6.07, 6.45) is 0.202. The zero-order valence-corrected chi connectivity index (χ0v) is 13.2. The van der Waals surface area contributed by atoms with E-state index in [2.05, 4.69) is 19.2 Å². The molecule has 0 aliphatic rings. The van der Waals surface area contributed by atoms with E-state index < -0.39 is 4.92 Å². The molecule has 0 fully saturated rings. The topological polar surface area (TPSA) is 72.2 Å². The van der Waals surface area contributed by atoms with Crippen LogP contribution in [0.5, 0.6) is 0 Å². The van der Waals surface area contributed by atoms with E-state index in [1.54, 1.807) is 12.1 Å². The molecule has 0 aromatic heterocycles. The third-order valence-corrected chi connectivity index (χ3v) is 3.65. The van der Waals surface area contributed by atoms with Crippen molar-refractivity contribution in [1.82, 2.24) is 5.32 Å². The quantitative estimate of drug-likeness (QED) is 0.653. The van der Waals surface area contributed by atoms with Gasteiger partial charge in [-0.15, -0.1) is 0 Å². The number of hydrogen-bond donors (Lipinski definition) is 1. The maximum Gasteiger partial charge on any atom is 0.269 e. The molecule has 0 bridgehead atoms. The molecule has 0 spiro atoms. The first kappa shape index (κ1) is 16.7. The number of amides is 1. The van der Waals surface area contributed by atoms with Crippen LogP contribution in [0.2, 0.25) is 0 Å².